The lowest BCUT2D eigenvalue weighted by atomic mass is 9.84. The van der Waals surface area contributed by atoms with E-state index in [0.717, 1.165) is 25.7 Å². The summed E-state index contributed by atoms with van der Waals surface area (Å²) in [7, 11) is 0. The number of hydrogen-bond donors (Lipinski definition) is 6. The van der Waals surface area contributed by atoms with Crippen LogP contribution in [0.5, 0.6) is 0 Å². The average Bonchev–Trinajstić information content (AvgIpc) is 2.89. The third kappa shape index (κ3) is 14.2. The minimum atomic E-state index is -5.08. The van der Waals surface area contributed by atoms with E-state index in [1.807, 2.05) is 31.2 Å². The Labute approximate surface area is 232 Å². The quantitative estimate of drug-likeness (QED) is 0.196. The average molecular weight is 575 g/mol. The molecule has 13 heteroatoms. The van der Waals surface area contributed by atoms with Crippen molar-refractivity contribution in [2.45, 2.75) is 89.4 Å². The van der Waals surface area contributed by atoms with Crippen LogP contribution in [0.3, 0.4) is 0 Å². The summed E-state index contributed by atoms with van der Waals surface area (Å²) in [5.41, 5.74) is 7.83. The van der Waals surface area contributed by atoms with Crippen LogP contribution >= 0.6 is 0 Å². The van der Waals surface area contributed by atoms with Crippen molar-refractivity contribution in [1.82, 2.24) is 16.0 Å². The number of nitrogens with two attached hydrogens (primary N) is 1. The lowest BCUT2D eigenvalue weighted by molar-refractivity contribution is -0.192. The molecule has 0 aliphatic heterocycles. The molecular weight excluding hydrogens is 533 g/mol. The Hall–Kier alpha value is -3.35. The van der Waals surface area contributed by atoms with Crippen molar-refractivity contribution in [2.75, 3.05) is 13.1 Å². The minimum absolute atomic E-state index is 0.223. The topological polar surface area (TPSA) is 171 Å². The van der Waals surface area contributed by atoms with Gasteiger partial charge in [-0.3, -0.25) is 4.79 Å². The van der Waals surface area contributed by atoms with Gasteiger partial charge in [0.2, 0.25) is 5.91 Å². The SMILES string of the molecule is Cc1ccccc1CCNC(=O)[C@@H](CC1CCCCC1)NC(=O)N[C@@H](CCCCN)C(=O)O.O=C(O)C(F)(F)F. The minimum Gasteiger partial charge on any atom is -0.480 e. The molecule has 0 aromatic heterocycles. The molecule has 3 amide bonds. The molecule has 1 aromatic carbocycles. The Morgan fingerprint density at radius 2 is 1.60 bits per heavy atom. The molecule has 1 aromatic rings. The number of aryl methyl sites for hydroxylation is 1. The van der Waals surface area contributed by atoms with Crippen LogP contribution in [0.1, 0.15) is 68.9 Å². The fraction of sp³-hybridized carbons (Fsp3) is 0.630. The second-order valence-corrected chi connectivity index (χ2v) is 9.86. The number of rotatable bonds is 13. The summed E-state index contributed by atoms with van der Waals surface area (Å²) in [6.45, 7) is 3.00. The Balaban J connectivity index is 0.00000101. The number of carbonyl (C=O) groups excluding carboxylic acids is 2. The summed E-state index contributed by atoms with van der Waals surface area (Å²) in [6.07, 6.45) is 3.38. The van der Waals surface area contributed by atoms with Gasteiger partial charge in [-0.2, -0.15) is 13.2 Å². The molecule has 0 heterocycles. The zero-order chi connectivity index (χ0) is 30.1. The summed E-state index contributed by atoms with van der Waals surface area (Å²) in [5, 5.41) is 24.8. The fourth-order valence-electron chi connectivity index (χ4n) is 4.43. The van der Waals surface area contributed by atoms with E-state index in [0.29, 0.717) is 51.1 Å². The Kier molecular flexibility index (Phi) is 15.7. The first-order chi connectivity index (χ1) is 18.8. The van der Waals surface area contributed by atoms with Gasteiger partial charge < -0.3 is 31.9 Å². The van der Waals surface area contributed by atoms with Crippen LogP contribution in [0.25, 0.3) is 0 Å². The van der Waals surface area contributed by atoms with Crippen LogP contribution in [0.2, 0.25) is 0 Å². The van der Waals surface area contributed by atoms with Gasteiger partial charge >= 0.3 is 24.1 Å². The van der Waals surface area contributed by atoms with Gasteiger partial charge in [0, 0.05) is 6.54 Å². The van der Waals surface area contributed by atoms with Gasteiger partial charge in [0.25, 0.3) is 0 Å². The second-order valence-electron chi connectivity index (χ2n) is 9.86. The van der Waals surface area contributed by atoms with Gasteiger partial charge in [-0.05, 0) is 62.6 Å². The molecule has 0 radical (unpaired) electrons. The number of unbranched alkanes of at least 4 members (excludes halogenated alkanes) is 1. The number of benzene rings is 1. The highest BCUT2D eigenvalue weighted by molar-refractivity contribution is 5.88. The monoisotopic (exact) mass is 574 g/mol. The van der Waals surface area contributed by atoms with Crippen molar-refractivity contribution < 1.29 is 42.6 Å². The number of carboxylic acid groups (broad SMARTS) is 2. The molecule has 0 saturated heterocycles. The highest BCUT2D eigenvalue weighted by Crippen LogP contribution is 2.27. The van der Waals surface area contributed by atoms with E-state index in [2.05, 4.69) is 16.0 Å². The molecule has 2 atom stereocenters. The first-order valence-corrected chi connectivity index (χ1v) is 13.5. The molecule has 0 spiro atoms. The maximum absolute atomic E-state index is 13.0. The van der Waals surface area contributed by atoms with Gasteiger partial charge in [-0.25, -0.2) is 14.4 Å². The van der Waals surface area contributed by atoms with E-state index < -0.39 is 36.2 Å². The number of aliphatic carboxylic acids is 2. The zero-order valence-electron chi connectivity index (χ0n) is 22.8. The van der Waals surface area contributed by atoms with E-state index in [1.165, 1.54) is 17.5 Å². The predicted molar refractivity (Wildman–Crippen MR) is 143 cm³/mol. The van der Waals surface area contributed by atoms with Crippen LogP contribution < -0.4 is 21.7 Å². The van der Waals surface area contributed by atoms with E-state index in [1.54, 1.807) is 0 Å². The molecule has 226 valence electrons. The molecule has 0 unspecified atom stereocenters. The molecule has 1 fully saturated rings. The molecular formula is C27H41F3N4O6. The van der Waals surface area contributed by atoms with Crippen LogP contribution in [0, 0.1) is 12.8 Å². The first-order valence-electron chi connectivity index (χ1n) is 13.5. The smallest absolute Gasteiger partial charge is 0.480 e. The molecule has 10 nitrogen and oxygen atoms in total. The normalized spacial score (nSPS) is 15.1. The Bertz CT molecular complexity index is 954. The molecule has 2 rings (SSSR count). The standard InChI is InChI=1S/C25H40N4O4.C2HF3O2/c1-18-9-5-6-12-20(18)14-16-27-23(30)22(17-19-10-3-2-4-11-19)29-25(33)28-21(24(31)32)13-7-8-15-26;3-2(4,5)1(6)7/h5-6,9,12,19,21-22H,2-4,7-8,10-11,13-17,26H2,1H3,(H,27,30)(H,31,32)(H2,28,29,33);(H,6,7)/t21-,22+;/m0./s1. The number of nitrogens with one attached hydrogen (secondary N) is 3. The second kappa shape index (κ2) is 18.1. The number of alkyl halides is 3. The van der Waals surface area contributed by atoms with Gasteiger partial charge in [0.1, 0.15) is 12.1 Å². The van der Waals surface area contributed by atoms with E-state index in [9.17, 15) is 32.7 Å². The Morgan fingerprint density at radius 1 is 1.00 bits per heavy atom. The van der Waals surface area contributed by atoms with Gasteiger partial charge in [0.15, 0.2) is 0 Å². The predicted octanol–water partition coefficient (Wildman–Crippen LogP) is 3.51. The van der Waals surface area contributed by atoms with E-state index >= 15 is 0 Å². The van der Waals surface area contributed by atoms with Crippen LogP contribution in [-0.4, -0.2) is 65.4 Å². The number of amides is 3. The number of halogens is 3. The van der Waals surface area contributed by atoms with Crippen molar-refractivity contribution in [3.05, 3.63) is 35.4 Å². The molecule has 40 heavy (non-hydrogen) atoms. The van der Waals surface area contributed by atoms with Crippen molar-refractivity contribution in [3.63, 3.8) is 0 Å². The van der Waals surface area contributed by atoms with E-state index in [4.69, 9.17) is 15.6 Å². The summed E-state index contributed by atoms with van der Waals surface area (Å²) in [6, 6.07) is 5.74. The van der Waals surface area contributed by atoms with Gasteiger partial charge in [0.05, 0.1) is 0 Å². The number of urea groups is 1. The lowest BCUT2D eigenvalue weighted by Crippen LogP contribution is -2.54. The Morgan fingerprint density at radius 3 is 2.15 bits per heavy atom. The van der Waals surface area contributed by atoms with Crippen LogP contribution in [0.15, 0.2) is 24.3 Å². The van der Waals surface area contributed by atoms with Gasteiger partial charge in [-0.1, -0.05) is 56.4 Å². The van der Waals surface area contributed by atoms with Crippen molar-refractivity contribution >= 4 is 23.9 Å². The van der Waals surface area contributed by atoms with Gasteiger partial charge in [-0.15, -0.1) is 0 Å². The zero-order valence-corrected chi connectivity index (χ0v) is 22.8. The van der Waals surface area contributed by atoms with Crippen LogP contribution in [-0.2, 0) is 20.8 Å². The first kappa shape index (κ1) is 34.7. The van der Waals surface area contributed by atoms with E-state index in [-0.39, 0.29) is 5.91 Å². The number of carbonyl (C=O) groups is 4. The lowest BCUT2D eigenvalue weighted by Gasteiger charge is -2.27. The highest BCUT2D eigenvalue weighted by atomic mass is 19.4. The molecule has 1 aliphatic rings. The van der Waals surface area contributed by atoms with Crippen molar-refractivity contribution in [2.24, 2.45) is 11.7 Å². The summed E-state index contributed by atoms with van der Waals surface area (Å²) < 4.78 is 31.7. The summed E-state index contributed by atoms with van der Waals surface area (Å²) in [5.74, 6) is -3.69. The molecule has 1 saturated carbocycles. The molecule has 1 aliphatic carbocycles. The summed E-state index contributed by atoms with van der Waals surface area (Å²) in [4.78, 5) is 46.0. The summed E-state index contributed by atoms with van der Waals surface area (Å²) >= 11 is 0. The highest BCUT2D eigenvalue weighted by Gasteiger charge is 2.38. The maximum Gasteiger partial charge on any atom is 0.490 e. The van der Waals surface area contributed by atoms with Crippen LogP contribution in [0.4, 0.5) is 18.0 Å². The van der Waals surface area contributed by atoms with Crippen molar-refractivity contribution in [3.8, 4) is 0 Å². The molecule has 0 bridgehead atoms. The molecule has 7 N–H and O–H groups in total. The fourth-order valence-corrected chi connectivity index (χ4v) is 4.43. The number of hydrogen-bond acceptors (Lipinski definition) is 5. The maximum atomic E-state index is 13.0. The third-order valence-corrected chi connectivity index (χ3v) is 6.66. The van der Waals surface area contributed by atoms with Crippen molar-refractivity contribution in [1.29, 1.82) is 0 Å². The largest absolute Gasteiger partial charge is 0.490 e. The number of carboxylic acids is 2. The third-order valence-electron chi connectivity index (χ3n) is 6.66.